The maximum Gasteiger partial charge on any atom is 0.416 e. The standard InChI is InChI=1S/C33H29F3N4O3/c1-20(2)28(31(42)33(34,35)36)38-27(41)19-39-26(22-12-7-4-8-13-22)16-25-24-15-9-14-23(17-37)29(24)40(30(25)32(39)43)18-21-10-5-3-6-11-21/h3-16,20,28,31,42H,18-19H2,1-2H3,(H,38,41). The number of halogens is 3. The Kier molecular flexibility index (Phi) is 8.11. The number of carbonyl (C=O) groups excluding carboxylic acids is 1. The molecule has 0 fully saturated rings. The zero-order valence-corrected chi connectivity index (χ0v) is 23.5. The number of aromatic nitrogens is 2. The summed E-state index contributed by atoms with van der Waals surface area (Å²) in [7, 11) is 0. The molecule has 43 heavy (non-hydrogen) atoms. The lowest BCUT2D eigenvalue weighted by molar-refractivity contribution is -0.215. The molecular weight excluding hydrogens is 557 g/mol. The van der Waals surface area contributed by atoms with E-state index in [9.17, 15) is 33.1 Å². The van der Waals surface area contributed by atoms with Crippen molar-refractivity contribution in [1.29, 1.82) is 5.26 Å². The largest absolute Gasteiger partial charge is 0.416 e. The quantitative estimate of drug-likeness (QED) is 0.247. The molecule has 2 N–H and O–H groups in total. The van der Waals surface area contributed by atoms with E-state index in [1.807, 2.05) is 36.4 Å². The van der Waals surface area contributed by atoms with Crippen LogP contribution in [0.4, 0.5) is 13.2 Å². The van der Waals surface area contributed by atoms with Gasteiger partial charge in [-0.1, -0.05) is 86.6 Å². The molecule has 0 spiro atoms. The average Bonchev–Trinajstić information content (AvgIpc) is 3.30. The lowest BCUT2D eigenvalue weighted by atomic mass is 9.98. The number of carbonyl (C=O) groups is 1. The van der Waals surface area contributed by atoms with Gasteiger partial charge < -0.3 is 15.0 Å². The van der Waals surface area contributed by atoms with E-state index in [0.29, 0.717) is 33.1 Å². The summed E-state index contributed by atoms with van der Waals surface area (Å²) >= 11 is 0. The second kappa shape index (κ2) is 11.8. The fraction of sp³-hybridized carbons (Fsp3) is 0.242. The van der Waals surface area contributed by atoms with Gasteiger partial charge in [-0.25, -0.2) is 0 Å². The maximum absolute atomic E-state index is 14.4. The third-order valence-electron chi connectivity index (χ3n) is 7.54. The highest BCUT2D eigenvalue weighted by molar-refractivity contribution is 6.10. The number of nitrogens with one attached hydrogen (secondary N) is 1. The van der Waals surface area contributed by atoms with Crippen molar-refractivity contribution in [3.05, 3.63) is 106 Å². The van der Waals surface area contributed by atoms with E-state index in [2.05, 4.69) is 11.4 Å². The summed E-state index contributed by atoms with van der Waals surface area (Å²) in [6.45, 7) is 2.59. The Morgan fingerprint density at radius 3 is 2.19 bits per heavy atom. The van der Waals surface area contributed by atoms with Gasteiger partial charge in [0, 0.05) is 17.3 Å². The number of rotatable bonds is 8. The summed E-state index contributed by atoms with van der Waals surface area (Å²) in [5, 5.41) is 23.5. The molecule has 0 radical (unpaired) electrons. The third-order valence-corrected chi connectivity index (χ3v) is 7.54. The summed E-state index contributed by atoms with van der Waals surface area (Å²) in [5.74, 6) is -1.60. The van der Waals surface area contributed by atoms with Crippen LogP contribution in [0.15, 0.2) is 89.7 Å². The van der Waals surface area contributed by atoms with Crippen molar-refractivity contribution in [3.8, 4) is 17.3 Å². The van der Waals surface area contributed by atoms with Crippen LogP contribution in [-0.2, 0) is 17.9 Å². The SMILES string of the molecule is CC(C)C(NC(=O)Cn1c(-c2ccccc2)cc2c3cccc(C#N)c3n(Cc3ccccc3)c2c1=O)C(O)C(F)(F)F. The predicted octanol–water partition coefficient (Wildman–Crippen LogP) is 5.61. The van der Waals surface area contributed by atoms with Gasteiger partial charge in [-0.3, -0.25) is 14.2 Å². The highest BCUT2D eigenvalue weighted by Crippen LogP contribution is 2.33. The predicted molar refractivity (Wildman–Crippen MR) is 158 cm³/mol. The Hall–Kier alpha value is -4.88. The van der Waals surface area contributed by atoms with Crippen LogP contribution in [0.5, 0.6) is 0 Å². The van der Waals surface area contributed by atoms with Crippen LogP contribution in [0, 0.1) is 17.2 Å². The first-order valence-electron chi connectivity index (χ1n) is 13.7. The van der Waals surface area contributed by atoms with Gasteiger partial charge in [0.05, 0.1) is 22.8 Å². The fourth-order valence-corrected chi connectivity index (χ4v) is 5.47. The highest BCUT2D eigenvalue weighted by Gasteiger charge is 2.45. The number of hydrogen-bond acceptors (Lipinski definition) is 4. The van der Waals surface area contributed by atoms with Crippen LogP contribution >= 0.6 is 0 Å². The minimum atomic E-state index is -4.94. The van der Waals surface area contributed by atoms with Gasteiger partial charge in [0.2, 0.25) is 5.91 Å². The first-order valence-corrected chi connectivity index (χ1v) is 13.7. The minimum Gasteiger partial charge on any atom is -0.382 e. The summed E-state index contributed by atoms with van der Waals surface area (Å²) < 4.78 is 43.1. The Labute approximate surface area is 245 Å². The van der Waals surface area contributed by atoms with Gasteiger partial charge >= 0.3 is 6.18 Å². The number of hydrogen-bond donors (Lipinski definition) is 2. The second-order valence-electron chi connectivity index (χ2n) is 10.8. The first kappa shape index (κ1) is 29.6. The van der Waals surface area contributed by atoms with Crippen LogP contribution in [-0.4, -0.2) is 38.5 Å². The zero-order valence-electron chi connectivity index (χ0n) is 23.5. The summed E-state index contributed by atoms with van der Waals surface area (Å²) in [5.41, 5.74) is 2.53. The van der Waals surface area contributed by atoms with E-state index in [-0.39, 0.29) is 12.1 Å². The smallest absolute Gasteiger partial charge is 0.382 e. The molecule has 0 aliphatic heterocycles. The summed E-state index contributed by atoms with van der Waals surface area (Å²) in [6.07, 6.45) is -7.72. The summed E-state index contributed by atoms with van der Waals surface area (Å²) in [4.78, 5) is 27.7. The van der Waals surface area contributed by atoms with Crippen molar-refractivity contribution in [2.45, 2.75) is 45.3 Å². The molecule has 2 unspecified atom stereocenters. The molecule has 5 aromatic rings. The third kappa shape index (κ3) is 5.76. The van der Waals surface area contributed by atoms with Crippen molar-refractivity contribution in [2.75, 3.05) is 0 Å². The Morgan fingerprint density at radius 1 is 0.930 bits per heavy atom. The van der Waals surface area contributed by atoms with Gasteiger partial charge in [-0.2, -0.15) is 18.4 Å². The molecule has 0 aliphatic rings. The van der Waals surface area contributed by atoms with Gasteiger partial charge in [-0.15, -0.1) is 0 Å². The lowest BCUT2D eigenvalue weighted by Gasteiger charge is -2.29. The molecule has 0 aliphatic carbocycles. The molecule has 7 nitrogen and oxygen atoms in total. The molecule has 5 rings (SSSR count). The van der Waals surface area contributed by atoms with Crippen LogP contribution in [0.1, 0.15) is 25.0 Å². The number of benzene rings is 3. The van der Waals surface area contributed by atoms with E-state index < -0.39 is 42.3 Å². The number of aliphatic hydroxyl groups is 1. The normalized spacial score (nSPS) is 13.3. The molecule has 220 valence electrons. The molecule has 1 amide bonds. The molecule has 10 heteroatoms. The number of pyridine rings is 1. The molecular formula is C33H29F3N4O3. The van der Waals surface area contributed by atoms with Gasteiger partial charge in [0.25, 0.3) is 5.56 Å². The van der Waals surface area contributed by atoms with Crippen LogP contribution < -0.4 is 10.9 Å². The maximum atomic E-state index is 14.4. The zero-order chi connectivity index (χ0) is 30.9. The van der Waals surface area contributed by atoms with Crippen LogP contribution in [0.3, 0.4) is 0 Å². The fourth-order valence-electron chi connectivity index (χ4n) is 5.47. The van der Waals surface area contributed by atoms with Crippen molar-refractivity contribution in [2.24, 2.45) is 5.92 Å². The van der Waals surface area contributed by atoms with Crippen molar-refractivity contribution >= 4 is 27.7 Å². The topological polar surface area (TPSA) is 100 Å². The Balaban J connectivity index is 1.73. The molecule has 2 atom stereocenters. The van der Waals surface area contributed by atoms with Crippen molar-refractivity contribution in [3.63, 3.8) is 0 Å². The monoisotopic (exact) mass is 586 g/mol. The highest BCUT2D eigenvalue weighted by atomic mass is 19.4. The first-order chi connectivity index (χ1) is 20.5. The second-order valence-corrected chi connectivity index (χ2v) is 10.8. The van der Waals surface area contributed by atoms with E-state index in [4.69, 9.17) is 0 Å². The number of aliphatic hydroxyl groups excluding tert-OH is 1. The number of nitriles is 1. The molecule has 0 saturated carbocycles. The van der Waals surface area contributed by atoms with Gasteiger partial charge in [0.1, 0.15) is 18.1 Å². The molecule has 2 aromatic heterocycles. The number of amides is 1. The lowest BCUT2D eigenvalue weighted by Crippen LogP contribution is -2.53. The molecule has 3 aromatic carbocycles. The average molecular weight is 587 g/mol. The van der Waals surface area contributed by atoms with E-state index in [0.717, 1.165) is 5.56 Å². The van der Waals surface area contributed by atoms with Crippen LogP contribution in [0.2, 0.25) is 0 Å². The molecule has 2 heterocycles. The Morgan fingerprint density at radius 2 is 1.58 bits per heavy atom. The number of para-hydroxylation sites is 1. The number of nitrogens with zero attached hydrogens (tertiary/aromatic N) is 3. The number of fused-ring (bicyclic) bond motifs is 3. The van der Waals surface area contributed by atoms with E-state index >= 15 is 0 Å². The molecule has 0 bridgehead atoms. The number of alkyl halides is 3. The van der Waals surface area contributed by atoms with Crippen molar-refractivity contribution < 1.29 is 23.1 Å². The van der Waals surface area contributed by atoms with E-state index in [1.165, 1.54) is 18.4 Å². The Bertz CT molecular complexity index is 1890. The van der Waals surface area contributed by atoms with Crippen LogP contribution in [0.25, 0.3) is 33.1 Å². The van der Waals surface area contributed by atoms with Gasteiger partial charge in [0.15, 0.2) is 6.10 Å². The summed E-state index contributed by atoms with van der Waals surface area (Å²) in [6, 6.07) is 25.9. The molecule has 0 saturated heterocycles. The van der Waals surface area contributed by atoms with Gasteiger partial charge in [-0.05, 0) is 29.2 Å². The van der Waals surface area contributed by atoms with E-state index in [1.54, 1.807) is 53.1 Å². The minimum absolute atomic E-state index is 0.254. The van der Waals surface area contributed by atoms with Crippen molar-refractivity contribution in [1.82, 2.24) is 14.5 Å².